The van der Waals surface area contributed by atoms with E-state index in [4.69, 9.17) is 4.74 Å². The molecule has 4 aromatic rings. The van der Waals surface area contributed by atoms with E-state index in [-0.39, 0.29) is 23.8 Å². The Morgan fingerprint density at radius 3 is 2.14 bits per heavy atom. The number of amides is 2. The van der Waals surface area contributed by atoms with Crippen LogP contribution in [-0.2, 0) is 32.6 Å². The number of carbonyl (C=O) groups excluding carboxylic acids is 2. The van der Waals surface area contributed by atoms with Crippen LogP contribution in [0.5, 0.6) is 5.75 Å². The van der Waals surface area contributed by atoms with Crippen molar-refractivity contribution < 1.29 is 22.7 Å². The van der Waals surface area contributed by atoms with E-state index in [2.05, 4.69) is 21.2 Å². The van der Waals surface area contributed by atoms with Crippen molar-refractivity contribution in [2.45, 2.75) is 37.2 Å². The molecule has 0 spiro atoms. The quantitative estimate of drug-likeness (QED) is 0.182. The molecule has 0 heterocycles. The summed E-state index contributed by atoms with van der Waals surface area (Å²) in [6, 6.07) is 30.5. The molecule has 0 fully saturated rings. The molecule has 0 saturated carbocycles. The Labute approximate surface area is 267 Å². The summed E-state index contributed by atoms with van der Waals surface area (Å²) >= 11 is 3.40. The molecule has 0 bridgehead atoms. The molecular weight excluding hydrogens is 642 g/mol. The zero-order valence-electron chi connectivity index (χ0n) is 24.7. The molecule has 0 aliphatic heterocycles. The van der Waals surface area contributed by atoms with Gasteiger partial charge in [-0.2, -0.15) is 0 Å². The molecule has 0 radical (unpaired) electrons. The van der Waals surface area contributed by atoms with Gasteiger partial charge in [-0.25, -0.2) is 8.42 Å². The molecule has 44 heavy (non-hydrogen) atoms. The molecule has 10 heteroatoms. The van der Waals surface area contributed by atoms with E-state index in [0.717, 1.165) is 26.3 Å². The van der Waals surface area contributed by atoms with Gasteiger partial charge in [0.2, 0.25) is 11.8 Å². The molecule has 0 aliphatic rings. The molecule has 0 unspecified atom stereocenters. The second-order valence-electron chi connectivity index (χ2n) is 10.2. The number of sulfonamides is 1. The predicted molar refractivity (Wildman–Crippen MR) is 176 cm³/mol. The summed E-state index contributed by atoms with van der Waals surface area (Å²) in [6.07, 6.45) is 0.968. The highest BCUT2D eigenvalue weighted by atomic mass is 79.9. The number of benzene rings is 4. The van der Waals surface area contributed by atoms with Gasteiger partial charge in [-0.3, -0.25) is 13.9 Å². The highest BCUT2D eigenvalue weighted by Gasteiger charge is 2.34. The second kappa shape index (κ2) is 15.5. The lowest BCUT2D eigenvalue weighted by Gasteiger charge is -2.34. The Morgan fingerprint density at radius 1 is 0.864 bits per heavy atom. The maximum absolute atomic E-state index is 14.4. The third-order valence-electron chi connectivity index (χ3n) is 7.03. The highest BCUT2D eigenvalue weighted by Crippen LogP contribution is 2.27. The molecule has 1 atom stereocenters. The van der Waals surface area contributed by atoms with E-state index < -0.39 is 28.5 Å². The van der Waals surface area contributed by atoms with Gasteiger partial charge < -0.3 is 15.0 Å². The van der Waals surface area contributed by atoms with Crippen LogP contribution < -0.4 is 14.4 Å². The summed E-state index contributed by atoms with van der Waals surface area (Å²) in [5.41, 5.74) is 1.93. The van der Waals surface area contributed by atoms with Crippen molar-refractivity contribution in [2.75, 3.05) is 24.5 Å². The first-order chi connectivity index (χ1) is 21.2. The van der Waals surface area contributed by atoms with E-state index in [1.165, 1.54) is 17.0 Å². The molecule has 0 aliphatic carbocycles. The van der Waals surface area contributed by atoms with E-state index in [9.17, 15) is 18.0 Å². The van der Waals surface area contributed by atoms with Crippen molar-refractivity contribution in [1.82, 2.24) is 10.2 Å². The average molecular weight is 679 g/mol. The fraction of sp³-hybridized carbons (Fsp3) is 0.235. The minimum Gasteiger partial charge on any atom is -0.497 e. The third kappa shape index (κ3) is 8.48. The van der Waals surface area contributed by atoms with Crippen LogP contribution in [0.1, 0.15) is 24.5 Å². The lowest BCUT2D eigenvalue weighted by Crippen LogP contribution is -2.53. The van der Waals surface area contributed by atoms with Gasteiger partial charge in [-0.1, -0.05) is 83.5 Å². The maximum atomic E-state index is 14.4. The number of methoxy groups -OCH3 is 1. The number of hydrogen-bond donors (Lipinski definition) is 1. The molecule has 0 aromatic heterocycles. The van der Waals surface area contributed by atoms with Gasteiger partial charge in [-0.05, 0) is 66.1 Å². The maximum Gasteiger partial charge on any atom is 0.264 e. The lowest BCUT2D eigenvalue weighted by atomic mass is 10.0. The van der Waals surface area contributed by atoms with E-state index in [1.54, 1.807) is 61.7 Å². The fourth-order valence-corrected chi connectivity index (χ4v) is 6.44. The second-order valence-corrected chi connectivity index (χ2v) is 12.9. The molecule has 0 saturated heterocycles. The molecule has 8 nitrogen and oxygen atoms in total. The average Bonchev–Trinajstić information content (AvgIpc) is 3.05. The Balaban J connectivity index is 1.79. The van der Waals surface area contributed by atoms with Crippen LogP contribution in [-0.4, -0.2) is 51.4 Å². The van der Waals surface area contributed by atoms with Gasteiger partial charge in [0.25, 0.3) is 10.0 Å². The lowest BCUT2D eigenvalue weighted by molar-refractivity contribution is -0.140. The third-order valence-corrected chi connectivity index (χ3v) is 9.35. The molecule has 2 amide bonds. The van der Waals surface area contributed by atoms with Gasteiger partial charge in [0.05, 0.1) is 17.7 Å². The minimum absolute atomic E-state index is 0.0524. The number of anilines is 1. The zero-order chi connectivity index (χ0) is 31.5. The van der Waals surface area contributed by atoms with Crippen LogP contribution in [0.25, 0.3) is 0 Å². The number of rotatable bonds is 14. The Kier molecular flexibility index (Phi) is 11.6. The number of ether oxygens (including phenoxy) is 1. The number of carbonyl (C=O) groups is 2. The smallest absolute Gasteiger partial charge is 0.264 e. The summed E-state index contributed by atoms with van der Waals surface area (Å²) < 4.78 is 35.3. The van der Waals surface area contributed by atoms with Crippen LogP contribution in [0.3, 0.4) is 0 Å². The normalized spacial score (nSPS) is 11.8. The summed E-state index contributed by atoms with van der Waals surface area (Å²) in [5, 5.41) is 2.95. The summed E-state index contributed by atoms with van der Waals surface area (Å²) in [5.74, 6) is -0.232. The van der Waals surface area contributed by atoms with Crippen molar-refractivity contribution in [2.24, 2.45) is 0 Å². The summed E-state index contributed by atoms with van der Waals surface area (Å²) in [7, 11) is -2.59. The monoisotopic (exact) mass is 677 g/mol. The van der Waals surface area contributed by atoms with Crippen LogP contribution in [0, 0.1) is 0 Å². The molecule has 1 N–H and O–H groups in total. The van der Waals surface area contributed by atoms with Gasteiger partial charge in [0, 0.05) is 24.0 Å². The number of halogens is 1. The first-order valence-electron chi connectivity index (χ1n) is 14.3. The zero-order valence-corrected chi connectivity index (χ0v) is 27.1. The van der Waals surface area contributed by atoms with Crippen LogP contribution >= 0.6 is 15.9 Å². The molecule has 4 rings (SSSR count). The topological polar surface area (TPSA) is 96.0 Å². The predicted octanol–water partition coefficient (Wildman–Crippen LogP) is 5.82. The Bertz CT molecular complexity index is 1630. The fourth-order valence-electron chi connectivity index (χ4n) is 4.74. The van der Waals surface area contributed by atoms with Crippen molar-refractivity contribution >= 4 is 43.5 Å². The largest absolute Gasteiger partial charge is 0.497 e. The van der Waals surface area contributed by atoms with E-state index in [0.29, 0.717) is 18.0 Å². The van der Waals surface area contributed by atoms with Gasteiger partial charge in [-0.15, -0.1) is 0 Å². The van der Waals surface area contributed by atoms with Crippen molar-refractivity contribution in [3.63, 3.8) is 0 Å². The van der Waals surface area contributed by atoms with E-state index >= 15 is 0 Å². The SMILES string of the molecule is CCCNC(=O)[C@H](Cc1ccccc1)N(Cc1cccc(OC)c1)C(=O)CN(c1ccc(Br)cc1)S(=O)(=O)c1ccccc1. The summed E-state index contributed by atoms with van der Waals surface area (Å²) in [4.78, 5) is 29.7. The van der Waals surface area contributed by atoms with Crippen molar-refractivity contribution in [3.05, 3.63) is 125 Å². The molecule has 230 valence electrons. The first kappa shape index (κ1) is 32.8. The number of hydrogen-bond acceptors (Lipinski definition) is 5. The number of nitrogens with one attached hydrogen (secondary N) is 1. The van der Waals surface area contributed by atoms with Gasteiger partial charge in [0.15, 0.2) is 0 Å². The summed E-state index contributed by atoms with van der Waals surface area (Å²) in [6.45, 7) is 1.94. The number of nitrogens with zero attached hydrogens (tertiary/aromatic N) is 2. The van der Waals surface area contributed by atoms with Crippen molar-refractivity contribution in [1.29, 1.82) is 0 Å². The minimum atomic E-state index is -4.15. The Hall–Kier alpha value is -4.15. The van der Waals surface area contributed by atoms with Crippen LogP contribution in [0.2, 0.25) is 0 Å². The standard InChI is InChI=1S/C34H36BrN3O5S/c1-3-21-36-34(40)32(23-26-11-6-4-7-12-26)37(24-27-13-10-14-30(22-27)43-2)33(39)25-38(29-19-17-28(35)18-20-29)44(41,42)31-15-8-5-9-16-31/h4-20,22,32H,3,21,23-25H2,1-2H3,(H,36,40)/t32-/m0/s1. The first-order valence-corrected chi connectivity index (χ1v) is 16.5. The molecule has 4 aromatic carbocycles. The van der Waals surface area contributed by atoms with E-state index in [1.807, 2.05) is 49.4 Å². The van der Waals surface area contributed by atoms with Gasteiger partial charge >= 0.3 is 0 Å². The Morgan fingerprint density at radius 2 is 1.50 bits per heavy atom. The highest BCUT2D eigenvalue weighted by molar-refractivity contribution is 9.10. The van der Waals surface area contributed by atoms with Crippen molar-refractivity contribution in [3.8, 4) is 5.75 Å². The van der Waals surface area contributed by atoms with Crippen LogP contribution in [0.4, 0.5) is 5.69 Å². The molecular formula is C34H36BrN3O5S. The van der Waals surface area contributed by atoms with Gasteiger partial charge in [0.1, 0.15) is 18.3 Å². The van der Waals surface area contributed by atoms with Crippen LogP contribution in [0.15, 0.2) is 119 Å².